The molecule has 2 aromatic carbocycles. The first kappa shape index (κ1) is 23.4. The Morgan fingerprint density at radius 2 is 2.03 bits per heavy atom. The molecule has 0 radical (unpaired) electrons. The number of carbonyl (C=O) groups is 3. The van der Waals surface area contributed by atoms with Gasteiger partial charge in [-0.2, -0.15) is 0 Å². The smallest absolute Gasteiger partial charge is 0.325 e. The zero-order chi connectivity index (χ0) is 23.6. The van der Waals surface area contributed by atoms with E-state index in [1.165, 1.54) is 0 Å². The minimum Gasteiger partial charge on any atom is -0.493 e. The van der Waals surface area contributed by atoms with Gasteiger partial charge in [-0.05, 0) is 30.2 Å². The highest BCUT2D eigenvalue weighted by Gasteiger charge is 2.55. The summed E-state index contributed by atoms with van der Waals surface area (Å²) in [6.45, 7) is 2.32. The minimum atomic E-state index is -1.20. The number of fused-ring (bicyclic) bond motifs is 2. The van der Waals surface area contributed by atoms with Gasteiger partial charge in [-0.1, -0.05) is 60.8 Å². The maximum atomic E-state index is 13.3. The number of hydrogen-bond donors (Lipinski definition) is 2. The molecule has 2 heterocycles. The Hall–Kier alpha value is -2.77. The molecule has 0 saturated carbocycles. The van der Waals surface area contributed by atoms with Crippen LogP contribution in [-0.4, -0.2) is 42.4 Å². The van der Waals surface area contributed by atoms with Crippen molar-refractivity contribution in [2.75, 3.05) is 19.7 Å². The number of rotatable bonds is 7. The van der Waals surface area contributed by atoms with Gasteiger partial charge in [0.05, 0.1) is 6.61 Å². The first-order valence-electron chi connectivity index (χ1n) is 10.9. The third kappa shape index (κ3) is 4.52. The predicted molar refractivity (Wildman–Crippen MR) is 126 cm³/mol. The van der Waals surface area contributed by atoms with Gasteiger partial charge in [-0.3, -0.25) is 14.5 Å². The monoisotopic (exact) mass is 489 g/mol. The van der Waals surface area contributed by atoms with Gasteiger partial charge < -0.3 is 15.4 Å². The molecule has 4 rings (SSSR count). The summed E-state index contributed by atoms with van der Waals surface area (Å²) in [5, 5.41) is 6.75. The Balaban J connectivity index is 1.44. The fourth-order valence-corrected chi connectivity index (χ4v) is 5.06. The van der Waals surface area contributed by atoms with E-state index in [9.17, 15) is 14.4 Å². The number of imide groups is 1. The van der Waals surface area contributed by atoms with Crippen molar-refractivity contribution in [1.82, 2.24) is 15.5 Å². The Morgan fingerprint density at radius 3 is 2.79 bits per heavy atom. The Bertz CT molecular complexity index is 1090. The van der Waals surface area contributed by atoms with Crippen molar-refractivity contribution in [3.63, 3.8) is 0 Å². The largest absolute Gasteiger partial charge is 0.493 e. The Labute approximate surface area is 202 Å². The van der Waals surface area contributed by atoms with Crippen LogP contribution in [0.25, 0.3) is 0 Å². The lowest BCUT2D eigenvalue weighted by Crippen LogP contribution is -2.48. The summed E-state index contributed by atoms with van der Waals surface area (Å²) >= 11 is 12.4. The summed E-state index contributed by atoms with van der Waals surface area (Å²) in [4.78, 5) is 39.7. The highest BCUT2D eigenvalue weighted by Crippen LogP contribution is 2.40. The van der Waals surface area contributed by atoms with Crippen LogP contribution in [0.5, 0.6) is 5.75 Å². The standard InChI is InChI=1S/C24H25Cl2N3O4/c1-2-5-15(17-9-8-16(25)12-19(17)26)13-27-21(30)14-29-22(31)24(28-23(29)32)10-11-33-20-7-4-3-6-18(20)24/h3-4,6-9,12,15H,2,5,10-11,13-14H2,1H3,(H,27,30)(H,28,32). The topological polar surface area (TPSA) is 87.7 Å². The molecule has 2 unspecified atom stereocenters. The lowest BCUT2D eigenvalue weighted by Gasteiger charge is -2.33. The van der Waals surface area contributed by atoms with Crippen molar-refractivity contribution >= 4 is 41.0 Å². The second-order valence-corrected chi connectivity index (χ2v) is 9.12. The fourth-order valence-electron chi connectivity index (χ4n) is 4.50. The molecule has 0 aliphatic carbocycles. The van der Waals surface area contributed by atoms with Gasteiger partial charge in [0.2, 0.25) is 5.91 Å². The van der Waals surface area contributed by atoms with Crippen molar-refractivity contribution in [2.45, 2.75) is 37.6 Å². The van der Waals surface area contributed by atoms with Crippen LogP contribution in [0.3, 0.4) is 0 Å². The minimum absolute atomic E-state index is 0.0134. The van der Waals surface area contributed by atoms with E-state index < -0.39 is 23.4 Å². The average molecular weight is 490 g/mol. The number of nitrogens with one attached hydrogen (secondary N) is 2. The van der Waals surface area contributed by atoms with Crippen LogP contribution < -0.4 is 15.4 Å². The van der Waals surface area contributed by atoms with Crippen LogP contribution in [0.15, 0.2) is 42.5 Å². The first-order chi connectivity index (χ1) is 15.9. The van der Waals surface area contributed by atoms with E-state index in [4.69, 9.17) is 27.9 Å². The molecule has 2 atom stereocenters. The van der Waals surface area contributed by atoms with Gasteiger partial charge in [0.25, 0.3) is 5.91 Å². The van der Waals surface area contributed by atoms with Crippen LogP contribution in [0.4, 0.5) is 4.79 Å². The lowest BCUT2D eigenvalue weighted by molar-refractivity contribution is -0.136. The van der Waals surface area contributed by atoms with Crippen LogP contribution in [0.2, 0.25) is 10.0 Å². The zero-order valence-corrected chi connectivity index (χ0v) is 19.7. The third-order valence-electron chi connectivity index (χ3n) is 6.14. The highest BCUT2D eigenvalue weighted by atomic mass is 35.5. The van der Waals surface area contributed by atoms with Gasteiger partial charge >= 0.3 is 6.03 Å². The number of ether oxygens (including phenoxy) is 1. The van der Waals surface area contributed by atoms with Crippen molar-refractivity contribution in [3.8, 4) is 5.75 Å². The number of amides is 4. The first-order valence-corrected chi connectivity index (χ1v) is 11.7. The second-order valence-electron chi connectivity index (χ2n) is 8.28. The number of benzene rings is 2. The molecule has 7 nitrogen and oxygen atoms in total. The van der Waals surface area contributed by atoms with Gasteiger partial charge in [0.1, 0.15) is 12.3 Å². The molecule has 9 heteroatoms. The van der Waals surface area contributed by atoms with E-state index in [1.54, 1.807) is 30.3 Å². The van der Waals surface area contributed by atoms with E-state index in [-0.39, 0.29) is 12.5 Å². The molecule has 2 aromatic rings. The van der Waals surface area contributed by atoms with Crippen molar-refractivity contribution in [2.24, 2.45) is 0 Å². The number of nitrogens with zero attached hydrogens (tertiary/aromatic N) is 1. The summed E-state index contributed by atoms with van der Waals surface area (Å²) in [5.41, 5.74) is 0.308. The summed E-state index contributed by atoms with van der Waals surface area (Å²) in [7, 11) is 0. The van der Waals surface area contributed by atoms with Crippen LogP contribution >= 0.6 is 23.2 Å². The highest BCUT2D eigenvalue weighted by molar-refractivity contribution is 6.35. The van der Waals surface area contributed by atoms with Gasteiger partial charge in [-0.25, -0.2) is 4.79 Å². The number of urea groups is 1. The van der Waals surface area contributed by atoms with Crippen molar-refractivity contribution < 1.29 is 19.1 Å². The van der Waals surface area contributed by atoms with Gasteiger partial charge in [0, 0.05) is 34.5 Å². The summed E-state index contributed by atoms with van der Waals surface area (Å²) < 4.78 is 5.64. The molecule has 2 aliphatic heterocycles. The Morgan fingerprint density at radius 1 is 1.24 bits per heavy atom. The van der Waals surface area contributed by atoms with Gasteiger partial charge in [-0.15, -0.1) is 0 Å². The van der Waals surface area contributed by atoms with E-state index in [1.807, 2.05) is 12.1 Å². The number of halogens is 2. The maximum Gasteiger partial charge on any atom is 0.325 e. The molecule has 4 amide bonds. The molecule has 0 aromatic heterocycles. The molecule has 1 spiro atoms. The zero-order valence-electron chi connectivity index (χ0n) is 18.2. The summed E-state index contributed by atoms with van der Waals surface area (Å²) in [5.74, 6) is -0.308. The normalized spacial score (nSPS) is 20.3. The number of para-hydroxylation sites is 1. The number of hydrogen-bond acceptors (Lipinski definition) is 4. The molecule has 1 fully saturated rings. The molecule has 2 N–H and O–H groups in total. The lowest BCUT2D eigenvalue weighted by atomic mass is 9.84. The fraction of sp³-hybridized carbons (Fsp3) is 0.375. The van der Waals surface area contributed by atoms with E-state index in [0.29, 0.717) is 40.9 Å². The summed E-state index contributed by atoms with van der Waals surface area (Å²) in [6.07, 6.45) is 2.02. The van der Waals surface area contributed by atoms with Crippen LogP contribution in [0, 0.1) is 0 Å². The van der Waals surface area contributed by atoms with Crippen molar-refractivity contribution in [3.05, 3.63) is 63.6 Å². The molecular formula is C24H25Cl2N3O4. The molecule has 33 heavy (non-hydrogen) atoms. The SMILES string of the molecule is CCCC(CNC(=O)CN1C(=O)NC2(CCOc3ccccc32)C1=O)c1ccc(Cl)cc1Cl. The van der Waals surface area contributed by atoms with E-state index >= 15 is 0 Å². The van der Waals surface area contributed by atoms with E-state index in [0.717, 1.165) is 23.3 Å². The predicted octanol–water partition coefficient (Wildman–Crippen LogP) is 4.22. The van der Waals surface area contributed by atoms with Crippen LogP contribution in [-0.2, 0) is 15.1 Å². The molecule has 174 valence electrons. The quantitative estimate of drug-likeness (QED) is 0.569. The second kappa shape index (κ2) is 9.61. The molecule has 1 saturated heterocycles. The van der Waals surface area contributed by atoms with E-state index in [2.05, 4.69) is 17.6 Å². The summed E-state index contributed by atoms with van der Waals surface area (Å²) in [6, 6.07) is 11.9. The van der Waals surface area contributed by atoms with Gasteiger partial charge in [0.15, 0.2) is 5.54 Å². The number of carbonyl (C=O) groups excluding carboxylic acids is 3. The molecular weight excluding hydrogens is 465 g/mol. The molecule has 2 aliphatic rings. The maximum absolute atomic E-state index is 13.3. The van der Waals surface area contributed by atoms with Crippen LogP contribution in [0.1, 0.15) is 43.2 Å². The Kier molecular flexibility index (Phi) is 6.81. The van der Waals surface area contributed by atoms with Crippen molar-refractivity contribution in [1.29, 1.82) is 0 Å². The average Bonchev–Trinajstić information content (AvgIpc) is 3.02. The third-order valence-corrected chi connectivity index (χ3v) is 6.71. The molecule has 0 bridgehead atoms.